The minimum atomic E-state index is -0.0810. The van der Waals surface area contributed by atoms with Gasteiger partial charge in [0.25, 0.3) is 0 Å². The molecule has 0 saturated heterocycles. The van der Waals surface area contributed by atoms with Crippen LogP contribution in [0.1, 0.15) is 89.5 Å². The molecular formula is C33H46BrNO3. The monoisotopic (exact) mass is 583 g/mol. The largest absolute Gasteiger partial charge is 0.393 e. The predicted octanol–water partition coefficient (Wildman–Crippen LogP) is 7.15. The topological polar surface area (TPSA) is 49.8 Å². The van der Waals surface area contributed by atoms with Crippen LogP contribution in [0.15, 0.2) is 22.7 Å². The summed E-state index contributed by atoms with van der Waals surface area (Å²) >= 11 is 3.60. The zero-order valence-corrected chi connectivity index (χ0v) is 24.9. The van der Waals surface area contributed by atoms with E-state index in [1.54, 1.807) is 0 Å². The van der Waals surface area contributed by atoms with Gasteiger partial charge in [0.1, 0.15) is 0 Å². The first-order valence-electron chi connectivity index (χ1n) is 15.6. The van der Waals surface area contributed by atoms with Gasteiger partial charge in [0.05, 0.1) is 12.2 Å². The van der Waals surface area contributed by atoms with Crippen LogP contribution in [0.4, 0.5) is 5.69 Å². The first-order valence-corrected chi connectivity index (χ1v) is 16.4. The molecule has 1 heterocycles. The van der Waals surface area contributed by atoms with Gasteiger partial charge in [-0.1, -0.05) is 28.9 Å². The van der Waals surface area contributed by atoms with E-state index in [4.69, 9.17) is 4.74 Å². The molecule has 1 aromatic rings. The molecular weight excluding hydrogens is 538 g/mol. The molecule has 0 unspecified atom stereocenters. The number of amides is 1. The van der Waals surface area contributed by atoms with Crippen molar-refractivity contribution in [2.45, 2.75) is 103 Å². The Morgan fingerprint density at radius 1 is 1.08 bits per heavy atom. The molecule has 5 saturated carbocycles. The van der Waals surface area contributed by atoms with Crippen LogP contribution in [0.25, 0.3) is 0 Å². The minimum absolute atomic E-state index is 0.0810. The molecule has 5 heteroatoms. The predicted molar refractivity (Wildman–Crippen MR) is 154 cm³/mol. The number of carbonyl (C=O) groups is 1. The number of anilines is 1. The first-order chi connectivity index (χ1) is 18.3. The molecule has 1 aromatic carbocycles. The first kappa shape index (κ1) is 26.0. The average molecular weight is 585 g/mol. The highest BCUT2D eigenvalue weighted by Gasteiger charge is 2.67. The summed E-state index contributed by atoms with van der Waals surface area (Å²) in [6, 6.07) is 6.37. The molecule has 1 amide bonds. The zero-order valence-electron chi connectivity index (χ0n) is 23.3. The second-order valence-electron chi connectivity index (χ2n) is 14.2. The molecule has 1 aliphatic heterocycles. The number of aliphatic hydroxyl groups is 1. The molecule has 1 spiro atoms. The molecule has 1 N–H and O–H groups in total. The van der Waals surface area contributed by atoms with Crippen LogP contribution in [0.3, 0.4) is 0 Å². The molecule has 10 atom stereocenters. The summed E-state index contributed by atoms with van der Waals surface area (Å²) in [5.74, 6) is 4.78. The quantitative estimate of drug-likeness (QED) is 0.409. The fourth-order valence-electron chi connectivity index (χ4n) is 11.6. The number of ether oxygens (including phenoxy) is 1. The number of hydrogen-bond acceptors (Lipinski definition) is 3. The van der Waals surface area contributed by atoms with Crippen LogP contribution in [-0.4, -0.2) is 36.9 Å². The zero-order chi connectivity index (χ0) is 26.2. The lowest BCUT2D eigenvalue weighted by atomic mass is 9.44. The Labute approximate surface area is 237 Å². The van der Waals surface area contributed by atoms with Gasteiger partial charge in [-0.05, 0) is 136 Å². The Morgan fingerprint density at radius 3 is 2.76 bits per heavy atom. The normalized spacial score (nSPS) is 45.2. The van der Waals surface area contributed by atoms with Crippen LogP contribution >= 0.6 is 15.9 Å². The molecule has 5 fully saturated rings. The smallest absolute Gasteiger partial charge is 0.227 e. The lowest BCUT2D eigenvalue weighted by Crippen LogP contribution is -2.59. The van der Waals surface area contributed by atoms with Crippen molar-refractivity contribution >= 4 is 27.5 Å². The maximum atomic E-state index is 13.4. The van der Waals surface area contributed by atoms with E-state index in [0.717, 1.165) is 66.1 Å². The fourth-order valence-corrected chi connectivity index (χ4v) is 12.0. The van der Waals surface area contributed by atoms with Gasteiger partial charge < -0.3 is 14.7 Å². The summed E-state index contributed by atoms with van der Waals surface area (Å²) in [5, 5.41) is 10.4. The van der Waals surface area contributed by atoms with Gasteiger partial charge in [-0.3, -0.25) is 4.79 Å². The molecule has 0 radical (unpaired) electrons. The SMILES string of the molecule is CO[C@H]1C[C@H]2[C@@H](CC[C@@H]3C[C@H](O)CC[C@@]32C)[C@@H]2CC[C@@H]3[C@@H](CCC(=O)N4CCc5ccc(Br)cc54)CC[C@@]132. The van der Waals surface area contributed by atoms with Gasteiger partial charge in [-0.2, -0.15) is 0 Å². The van der Waals surface area contributed by atoms with Gasteiger partial charge in [0, 0.05) is 35.7 Å². The van der Waals surface area contributed by atoms with Crippen molar-refractivity contribution in [1.82, 2.24) is 0 Å². The Bertz CT molecular complexity index is 1090. The molecule has 7 rings (SSSR count). The van der Waals surface area contributed by atoms with Crippen LogP contribution in [0, 0.1) is 46.3 Å². The lowest BCUT2D eigenvalue weighted by Gasteiger charge is -2.62. The van der Waals surface area contributed by atoms with Crippen molar-refractivity contribution in [3.63, 3.8) is 0 Å². The van der Waals surface area contributed by atoms with Gasteiger partial charge >= 0.3 is 0 Å². The molecule has 208 valence electrons. The van der Waals surface area contributed by atoms with Crippen LogP contribution in [-0.2, 0) is 16.0 Å². The van der Waals surface area contributed by atoms with Crippen LogP contribution in [0.5, 0.6) is 0 Å². The summed E-state index contributed by atoms with van der Waals surface area (Å²) < 4.78 is 7.54. The van der Waals surface area contributed by atoms with Gasteiger partial charge in [0.15, 0.2) is 0 Å². The average Bonchev–Trinajstić information content (AvgIpc) is 3.60. The van der Waals surface area contributed by atoms with E-state index in [1.165, 1.54) is 56.9 Å². The Morgan fingerprint density at radius 2 is 1.92 bits per heavy atom. The highest BCUT2D eigenvalue weighted by Crippen LogP contribution is 2.72. The summed E-state index contributed by atoms with van der Waals surface area (Å²) in [4.78, 5) is 15.5. The second-order valence-corrected chi connectivity index (χ2v) is 15.2. The number of fused-ring (bicyclic) bond motifs is 5. The van der Waals surface area contributed by atoms with E-state index in [2.05, 4.69) is 41.1 Å². The number of benzene rings is 1. The van der Waals surface area contributed by atoms with Gasteiger partial charge in [0.2, 0.25) is 5.91 Å². The van der Waals surface area contributed by atoms with Gasteiger partial charge in [-0.25, -0.2) is 0 Å². The molecule has 38 heavy (non-hydrogen) atoms. The van der Waals surface area contributed by atoms with E-state index in [-0.39, 0.29) is 6.10 Å². The third-order valence-electron chi connectivity index (χ3n) is 13.2. The summed E-state index contributed by atoms with van der Waals surface area (Å²) in [5.41, 5.74) is 3.14. The van der Waals surface area contributed by atoms with E-state index >= 15 is 0 Å². The highest BCUT2D eigenvalue weighted by atomic mass is 79.9. The molecule has 4 nitrogen and oxygen atoms in total. The van der Waals surface area contributed by atoms with E-state index in [0.29, 0.717) is 41.1 Å². The number of aliphatic hydroxyl groups excluding tert-OH is 1. The van der Waals surface area contributed by atoms with Crippen molar-refractivity contribution in [1.29, 1.82) is 0 Å². The number of methoxy groups -OCH3 is 1. The number of hydrogen-bond donors (Lipinski definition) is 1. The van der Waals surface area contributed by atoms with Crippen molar-refractivity contribution in [2.24, 2.45) is 46.3 Å². The van der Waals surface area contributed by atoms with Crippen molar-refractivity contribution < 1.29 is 14.6 Å². The highest BCUT2D eigenvalue weighted by molar-refractivity contribution is 9.10. The summed E-state index contributed by atoms with van der Waals surface area (Å²) in [6.07, 6.45) is 15.4. The number of rotatable bonds is 4. The van der Waals surface area contributed by atoms with Gasteiger partial charge in [-0.15, -0.1) is 0 Å². The Hall–Kier alpha value is -0.910. The summed E-state index contributed by atoms with van der Waals surface area (Å²) in [6.45, 7) is 3.41. The third kappa shape index (κ3) is 3.76. The number of nitrogens with zero attached hydrogens (tertiary/aromatic N) is 1. The standard InChI is InChI=1S/C33H46BrNO3/c1-32-14-12-24(36)17-22(32)5-7-25-27-9-8-26-20(11-15-33(26,27)30(38-2)19-28(25)32)4-10-31(37)35-16-13-21-3-6-23(34)18-29(21)35/h3,6,18,20,22,24-28,30,36H,4-5,7-17,19H2,1-2H3/t20-,22+,24+,25-,26+,27-,28-,30-,32-,33+/m0/s1. The van der Waals surface area contributed by atoms with Crippen LogP contribution in [0.2, 0.25) is 0 Å². The Kier molecular flexibility index (Phi) is 6.56. The fraction of sp³-hybridized carbons (Fsp3) is 0.788. The Balaban J connectivity index is 1.07. The van der Waals surface area contributed by atoms with Crippen molar-refractivity contribution in [3.05, 3.63) is 28.2 Å². The van der Waals surface area contributed by atoms with E-state index < -0.39 is 0 Å². The maximum absolute atomic E-state index is 13.4. The molecule has 5 aliphatic carbocycles. The summed E-state index contributed by atoms with van der Waals surface area (Å²) in [7, 11) is 1.99. The third-order valence-corrected chi connectivity index (χ3v) is 13.7. The number of halogens is 1. The van der Waals surface area contributed by atoms with Crippen LogP contribution < -0.4 is 4.90 Å². The molecule has 0 bridgehead atoms. The number of carbonyl (C=O) groups excluding carboxylic acids is 1. The van der Waals surface area contributed by atoms with E-state index in [9.17, 15) is 9.90 Å². The van der Waals surface area contributed by atoms with Crippen molar-refractivity contribution in [3.8, 4) is 0 Å². The molecule has 6 aliphatic rings. The van der Waals surface area contributed by atoms with E-state index in [1.807, 2.05) is 12.0 Å². The minimum Gasteiger partial charge on any atom is -0.393 e. The van der Waals surface area contributed by atoms with Crippen molar-refractivity contribution in [2.75, 3.05) is 18.6 Å². The second kappa shape index (κ2) is 9.58. The molecule has 0 aromatic heterocycles. The lowest BCUT2D eigenvalue weighted by molar-refractivity contribution is -0.181. The maximum Gasteiger partial charge on any atom is 0.227 e.